The summed E-state index contributed by atoms with van der Waals surface area (Å²) in [5.74, 6) is -2.73. The molecule has 1 fully saturated rings. The van der Waals surface area contributed by atoms with Gasteiger partial charge < -0.3 is 5.32 Å². The van der Waals surface area contributed by atoms with Crippen molar-refractivity contribution in [3.05, 3.63) is 64.7 Å². The third-order valence-corrected chi connectivity index (χ3v) is 7.29. The van der Waals surface area contributed by atoms with Crippen molar-refractivity contribution in [3.8, 4) is 0 Å². The molecule has 2 aliphatic heterocycles. The van der Waals surface area contributed by atoms with E-state index in [9.17, 15) is 28.2 Å². The number of thiol groups is 1. The quantitative estimate of drug-likeness (QED) is 0.436. The highest BCUT2D eigenvalue weighted by atomic mass is 32.2. The van der Waals surface area contributed by atoms with E-state index in [1.807, 2.05) is 0 Å². The van der Waals surface area contributed by atoms with Crippen LogP contribution >= 0.6 is 0 Å². The van der Waals surface area contributed by atoms with Crippen LogP contribution in [-0.2, 0) is 26.1 Å². The average Bonchev–Trinajstić information content (AvgIpc) is 3.02. The second-order valence-electron chi connectivity index (χ2n) is 8.37. The van der Waals surface area contributed by atoms with Crippen molar-refractivity contribution in [3.63, 3.8) is 0 Å². The first-order chi connectivity index (χ1) is 15.6. The van der Waals surface area contributed by atoms with Crippen molar-refractivity contribution in [1.29, 1.82) is 0 Å². The molecule has 1 atom stereocenters. The van der Waals surface area contributed by atoms with E-state index in [-0.39, 0.29) is 36.4 Å². The molecule has 10 heteroatoms. The Kier molecular flexibility index (Phi) is 5.71. The molecule has 33 heavy (non-hydrogen) atoms. The number of nitrogens with one attached hydrogen (secondary N) is 2. The summed E-state index contributed by atoms with van der Waals surface area (Å²) in [5.41, 5.74) is 1.10. The van der Waals surface area contributed by atoms with E-state index >= 15 is 0 Å². The molecule has 2 aliphatic rings. The number of rotatable bonds is 5. The molecular weight excluding hydrogens is 446 g/mol. The van der Waals surface area contributed by atoms with Crippen molar-refractivity contribution in [2.24, 2.45) is 0 Å². The summed E-state index contributed by atoms with van der Waals surface area (Å²) in [5, 5.41) is 4.90. The normalized spacial score (nSPS) is 18.7. The lowest BCUT2D eigenvalue weighted by Crippen LogP contribution is -2.54. The predicted octanol–water partition coefficient (Wildman–Crippen LogP) is 0.653. The van der Waals surface area contributed by atoms with Crippen LogP contribution in [0.15, 0.2) is 47.4 Å². The lowest BCUT2D eigenvalue weighted by atomic mass is 10.0. The highest BCUT2D eigenvalue weighted by Crippen LogP contribution is 2.30. The van der Waals surface area contributed by atoms with Gasteiger partial charge in [0.1, 0.15) is 6.04 Å². The summed E-state index contributed by atoms with van der Waals surface area (Å²) < 4.78 is 12.1. The SMILES string of the molecule is C[SH](C)(=O)c1ccc(C(=O)NCc2cccc3c2C(=O)N(C2CCC(=O)NC2=O)C3=O)cc1. The molecule has 0 spiro atoms. The Morgan fingerprint density at radius 3 is 2.39 bits per heavy atom. The van der Waals surface area contributed by atoms with E-state index < -0.39 is 39.6 Å². The van der Waals surface area contributed by atoms with E-state index in [2.05, 4.69) is 10.6 Å². The maximum atomic E-state index is 13.1. The summed E-state index contributed by atoms with van der Waals surface area (Å²) in [7, 11) is -2.43. The monoisotopic (exact) mass is 469 g/mol. The van der Waals surface area contributed by atoms with Gasteiger partial charge in [-0.1, -0.05) is 22.1 Å². The van der Waals surface area contributed by atoms with Gasteiger partial charge in [-0.2, -0.15) is 0 Å². The smallest absolute Gasteiger partial charge is 0.262 e. The van der Waals surface area contributed by atoms with Crippen LogP contribution in [0.1, 0.15) is 49.5 Å². The van der Waals surface area contributed by atoms with Crippen molar-refractivity contribution < 1.29 is 28.2 Å². The third kappa shape index (κ3) is 4.21. The Hall–Kier alpha value is -3.66. The Balaban J connectivity index is 1.52. The molecule has 4 rings (SSSR count). The summed E-state index contributed by atoms with van der Waals surface area (Å²) in [6, 6.07) is 10.1. The molecule has 2 aromatic carbocycles. The number of piperidine rings is 1. The van der Waals surface area contributed by atoms with Gasteiger partial charge >= 0.3 is 0 Å². The van der Waals surface area contributed by atoms with Crippen LogP contribution in [0.3, 0.4) is 0 Å². The second kappa shape index (κ2) is 8.36. The maximum Gasteiger partial charge on any atom is 0.262 e. The molecule has 2 aromatic rings. The van der Waals surface area contributed by atoms with Crippen LogP contribution in [0.4, 0.5) is 0 Å². The average molecular weight is 470 g/mol. The number of fused-ring (bicyclic) bond motifs is 1. The molecule has 9 nitrogen and oxygen atoms in total. The minimum Gasteiger partial charge on any atom is -0.348 e. The van der Waals surface area contributed by atoms with Gasteiger partial charge in [0.2, 0.25) is 11.8 Å². The van der Waals surface area contributed by atoms with Crippen molar-refractivity contribution in [2.45, 2.75) is 30.3 Å². The molecular formula is C23H23N3O6S. The first-order valence-electron chi connectivity index (χ1n) is 10.3. The lowest BCUT2D eigenvalue weighted by Gasteiger charge is -2.27. The Bertz CT molecular complexity index is 1250. The zero-order chi connectivity index (χ0) is 23.9. The van der Waals surface area contributed by atoms with Gasteiger partial charge in [-0.3, -0.25) is 38.4 Å². The summed E-state index contributed by atoms with van der Waals surface area (Å²) >= 11 is 0. The molecule has 2 N–H and O–H groups in total. The fraction of sp³-hybridized carbons (Fsp3) is 0.261. The van der Waals surface area contributed by atoms with Gasteiger partial charge in [-0.25, -0.2) is 0 Å². The highest BCUT2D eigenvalue weighted by molar-refractivity contribution is 8.01. The number of hydrogen-bond donors (Lipinski definition) is 3. The van der Waals surface area contributed by atoms with Crippen molar-refractivity contribution in [1.82, 2.24) is 15.5 Å². The van der Waals surface area contributed by atoms with Crippen LogP contribution in [0, 0.1) is 0 Å². The number of hydrogen-bond acceptors (Lipinski definition) is 6. The number of carbonyl (C=O) groups excluding carboxylic acids is 5. The third-order valence-electron chi connectivity index (χ3n) is 5.75. The van der Waals surface area contributed by atoms with Crippen molar-refractivity contribution >= 4 is 39.5 Å². The molecule has 1 saturated heterocycles. The summed E-state index contributed by atoms with van der Waals surface area (Å²) in [4.78, 5) is 63.8. The van der Waals surface area contributed by atoms with Crippen LogP contribution in [0.2, 0.25) is 0 Å². The Morgan fingerprint density at radius 1 is 1.06 bits per heavy atom. The number of amides is 5. The standard InChI is InChI=1S/C23H23N3O6S/c1-33(2,32)15-8-6-13(7-9-15)20(28)24-12-14-4-3-5-16-19(14)23(31)26(22(16)30)17-10-11-18(27)25-21(17)29/h3-9,17,33H,10-12H2,1-2H3,(H,24,28)(H,25,27,29). The zero-order valence-corrected chi connectivity index (χ0v) is 19.0. The molecule has 5 amide bonds. The minimum atomic E-state index is -2.43. The molecule has 172 valence electrons. The molecule has 0 aromatic heterocycles. The number of nitrogens with zero attached hydrogens (tertiary/aromatic N) is 1. The largest absolute Gasteiger partial charge is 0.348 e. The molecule has 0 radical (unpaired) electrons. The fourth-order valence-corrected chi connectivity index (χ4v) is 4.85. The van der Waals surface area contributed by atoms with E-state index in [0.29, 0.717) is 16.0 Å². The van der Waals surface area contributed by atoms with Crippen LogP contribution in [0.5, 0.6) is 0 Å². The van der Waals surface area contributed by atoms with Gasteiger partial charge in [0.05, 0.1) is 11.1 Å². The van der Waals surface area contributed by atoms with E-state index in [0.717, 1.165) is 4.90 Å². The van der Waals surface area contributed by atoms with Gasteiger partial charge in [-0.05, 0) is 54.8 Å². The molecule has 0 saturated carbocycles. The lowest BCUT2D eigenvalue weighted by molar-refractivity contribution is -0.136. The number of imide groups is 2. The Morgan fingerprint density at radius 2 is 1.76 bits per heavy atom. The van der Waals surface area contributed by atoms with E-state index in [1.54, 1.807) is 48.9 Å². The van der Waals surface area contributed by atoms with Gasteiger partial charge in [0, 0.05) is 23.4 Å². The number of carbonyl (C=O) groups is 5. The van der Waals surface area contributed by atoms with Crippen LogP contribution in [-0.4, -0.2) is 57.2 Å². The Labute approximate surface area is 191 Å². The zero-order valence-electron chi connectivity index (χ0n) is 18.1. The molecule has 0 bridgehead atoms. The second-order valence-corrected chi connectivity index (χ2v) is 11.6. The first kappa shape index (κ1) is 22.5. The fourth-order valence-electron chi connectivity index (χ4n) is 3.98. The summed E-state index contributed by atoms with van der Waals surface area (Å²) in [6.07, 6.45) is 3.40. The number of benzene rings is 2. The van der Waals surface area contributed by atoms with E-state index in [4.69, 9.17) is 0 Å². The molecule has 0 aliphatic carbocycles. The molecule has 1 unspecified atom stereocenters. The van der Waals surface area contributed by atoms with Crippen LogP contribution < -0.4 is 10.6 Å². The highest BCUT2D eigenvalue weighted by Gasteiger charge is 2.45. The topological polar surface area (TPSA) is 130 Å². The minimum absolute atomic E-state index is 0.00792. The van der Waals surface area contributed by atoms with Gasteiger partial charge in [0.25, 0.3) is 17.7 Å². The maximum absolute atomic E-state index is 13.1. The first-order valence-corrected chi connectivity index (χ1v) is 13.0. The van der Waals surface area contributed by atoms with Crippen LogP contribution in [0.25, 0.3) is 0 Å². The van der Waals surface area contributed by atoms with Gasteiger partial charge in [0.15, 0.2) is 0 Å². The van der Waals surface area contributed by atoms with E-state index in [1.165, 1.54) is 6.07 Å². The molecule has 2 heterocycles. The predicted molar refractivity (Wildman–Crippen MR) is 120 cm³/mol. The summed E-state index contributed by atoms with van der Waals surface area (Å²) in [6.45, 7) is -0.00792. The van der Waals surface area contributed by atoms with Gasteiger partial charge in [-0.15, -0.1) is 0 Å². The van der Waals surface area contributed by atoms with Crippen molar-refractivity contribution in [2.75, 3.05) is 12.5 Å².